The van der Waals surface area contributed by atoms with Crippen molar-refractivity contribution in [3.05, 3.63) is 28.8 Å². The Hall–Kier alpha value is -0.301. The van der Waals surface area contributed by atoms with Crippen molar-refractivity contribution in [1.82, 2.24) is 0 Å². The van der Waals surface area contributed by atoms with Crippen molar-refractivity contribution in [1.29, 1.82) is 0 Å². The van der Waals surface area contributed by atoms with Crippen molar-refractivity contribution < 1.29 is 4.74 Å². The van der Waals surface area contributed by atoms with E-state index in [4.69, 9.17) is 4.74 Å². The number of rotatable bonds is 10. The Morgan fingerprint density at radius 3 is 1.93 bits per heavy atom. The van der Waals surface area contributed by atoms with E-state index >= 15 is 0 Å². The molecule has 1 saturated heterocycles. The number of benzene rings is 1. The summed E-state index contributed by atoms with van der Waals surface area (Å²) in [5.74, 6) is 2.42. The fraction of sp³-hybridized carbons (Fsp3) is 0.778. The number of unbranched alkanes of at least 4 members (excludes halogenated alkanes) is 3. The average Bonchev–Trinajstić information content (AvgIpc) is 2.92. The van der Waals surface area contributed by atoms with Crippen LogP contribution < -0.4 is 4.46 Å². The standard InChI is InChI=1S/C27H46OSe/c1-10-11-12-13-14-25-26(20(8)21(9)28-25)29-27-23(18(4)5)15-22(17(2)3)16-24(27)19(6)7/h15-21,25-26H,10-14H2,1-9H3/t20-,21+,25-,26+/m1/s1. The molecule has 29 heavy (non-hydrogen) atoms. The van der Waals surface area contributed by atoms with Gasteiger partial charge >= 0.3 is 188 Å². The molecule has 1 aliphatic heterocycles. The van der Waals surface area contributed by atoms with Crippen molar-refractivity contribution in [3.63, 3.8) is 0 Å². The first-order chi connectivity index (χ1) is 13.7. The molecule has 1 nitrogen and oxygen atoms in total. The Kier molecular flexibility index (Phi) is 9.78. The quantitative estimate of drug-likeness (QED) is 0.256. The summed E-state index contributed by atoms with van der Waals surface area (Å²) in [6.07, 6.45) is 7.46. The monoisotopic (exact) mass is 466 g/mol. The first kappa shape index (κ1) is 25.0. The molecule has 0 aliphatic carbocycles. The van der Waals surface area contributed by atoms with Gasteiger partial charge in [-0.1, -0.05) is 0 Å². The second-order valence-electron chi connectivity index (χ2n) is 10.2. The molecule has 0 N–H and O–H groups in total. The Labute approximate surface area is 187 Å². The first-order valence-corrected chi connectivity index (χ1v) is 14.0. The van der Waals surface area contributed by atoms with Crippen LogP contribution in [0.1, 0.15) is 129 Å². The fourth-order valence-electron chi connectivity index (χ4n) is 4.43. The van der Waals surface area contributed by atoms with Gasteiger partial charge in [-0.15, -0.1) is 0 Å². The van der Waals surface area contributed by atoms with Crippen LogP contribution in [0.5, 0.6) is 0 Å². The van der Waals surface area contributed by atoms with E-state index in [2.05, 4.69) is 74.4 Å². The molecule has 0 saturated carbocycles. The molecule has 1 heterocycles. The fourth-order valence-corrected chi connectivity index (χ4v) is 8.46. The molecule has 0 aromatic heterocycles. The van der Waals surface area contributed by atoms with Gasteiger partial charge in [0.2, 0.25) is 0 Å². The van der Waals surface area contributed by atoms with Crippen LogP contribution in [0.2, 0.25) is 4.82 Å². The molecule has 166 valence electrons. The third kappa shape index (κ3) is 6.34. The minimum atomic E-state index is 0.401. The number of hydrogen-bond acceptors (Lipinski definition) is 1. The van der Waals surface area contributed by atoms with Crippen LogP contribution in [0.4, 0.5) is 0 Å². The SMILES string of the molecule is CCCCCC[C@H]1O[C@@H](C)[C@@H](C)[C@@H]1[Se]c1c(C(C)C)cc(C(C)C)cc1C(C)C. The van der Waals surface area contributed by atoms with Gasteiger partial charge in [0.1, 0.15) is 0 Å². The van der Waals surface area contributed by atoms with Gasteiger partial charge in [-0.2, -0.15) is 0 Å². The topological polar surface area (TPSA) is 9.23 Å². The maximum absolute atomic E-state index is 6.52. The van der Waals surface area contributed by atoms with E-state index in [1.807, 2.05) is 0 Å². The molecule has 0 unspecified atom stereocenters. The van der Waals surface area contributed by atoms with Crippen molar-refractivity contribution in [2.24, 2.45) is 5.92 Å². The normalized spacial score (nSPS) is 25.0. The van der Waals surface area contributed by atoms with E-state index in [-0.39, 0.29) is 0 Å². The molecule has 1 aromatic rings. The van der Waals surface area contributed by atoms with Crippen molar-refractivity contribution in [3.8, 4) is 0 Å². The van der Waals surface area contributed by atoms with E-state index in [1.54, 1.807) is 15.6 Å². The van der Waals surface area contributed by atoms with Gasteiger partial charge in [0, 0.05) is 0 Å². The van der Waals surface area contributed by atoms with Crippen LogP contribution in [0.3, 0.4) is 0 Å². The predicted octanol–water partition coefficient (Wildman–Crippen LogP) is 7.57. The van der Waals surface area contributed by atoms with Crippen LogP contribution in [-0.4, -0.2) is 27.2 Å². The third-order valence-corrected chi connectivity index (χ3v) is 10.3. The van der Waals surface area contributed by atoms with Gasteiger partial charge in [-0.3, -0.25) is 0 Å². The first-order valence-electron chi connectivity index (χ1n) is 12.2. The van der Waals surface area contributed by atoms with Gasteiger partial charge in [0.15, 0.2) is 0 Å². The number of hydrogen-bond donors (Lipinski definition) is 0. The Morgan fingerprint density at radius 1 is 0.862 bits per heavy atom. The van der Waals surface area contributed by atoms with E-state index in [9.17, 15) is 0 Å². The van der Waals surface area contributed by atoms with Gasteiger partial charge in [-0.05, 0) is 0 Å². The van der Waals surface area contributed by atoms with Gasteiger partial charge < -0.3 is 0 Å². The summed E-state index contributed by atoms with van der Waals surface area (Å²) in [5, 5.41) is 0. The predicted molar refractivity (Wildman–Crippen MR) is 130 cm³/mol. The summed E-state index contributed by atoms with van der Waals surface area (Å²) in [4.78, 5) is 0.707. The Balaban J connectivity index is 2.36. The molecule has 2 heteroatoms. The second kappa shape index (κ2) is 11.4. The van der Waals surface area contributed by atoms with Gasteiger partial charge in [-0.25, -0.2) is 0 Å². The van der Waals surface area contributed by atoms with Gasteiger partial charge in [0.25, 0.3) is 0 Å². The minimum absolute atomic E-state index is 0.401. The molecule has 2 rings (SSSR count). The third-order valence-electron chi connectivity index (χ3n) is 6.69. The van der Waals surface area contributed by atoms with E-state index in [0.29, 0.717) is 55.7 Å². The Bertz CT molecular complexity index is 604. The van der Waals surface area contributed by atoms with Crippen LogP contribution in [0.25, 0.3) is 0 Å². The molecule has 0 bridgehead atoms. The zero-order valence-corrected chi connectivity index (χ0v) is 22.3. The average molecular weight is 466 g/mol. The van der Waals surface area contributed by atoms with E-state index in [1.165, 1.54) is 37.7 Å². The van der Waals surface area contributed by atoms with E-state index in [0.717, 1.165) is 0 Å². The summed E-state index contributed by atoms with van der Waals surface area (Å²) in [5.41, 5.74) is 4.73. The summed E-state index contributed by atoms with van der Waals surface area (Å²) in [6.45, 7) is 21.2. The van der Waals surface area contributed by atoms with Gasteiger partial charge in [0.05, 0.1) is 0 Å². The molecule has 0 amide bonds. The molecular weight excluding hydrogens is 419 g/mol. The number of ether oxygens (including phenoxy) is 1. The molecule has 0 spiro atoms. The van der Waals surface area contributed by atoms with Crippen LogP contribution in [0, 0.1) is 5.92 Å². The molecule has 1 fully saturated rings. The molecule has 1 aliphatic rings. The summed E-state index contributed by atoms with van der Waals surface area (Å²) < 4.78 is 8.21. The van der Waals surface area contributed by atoms with Crippen molar-refractivity contribution in [2.45, 2.75) is 129 Å². The second-order valence-corrected chi connectivity index (χ2v) is 12.7. The van der Waals surface area contributed by atoms with Crippen LogP contribution in [0.15, 0.2) is 12.1 Å². The molecule has 4 atom stereocenters. The van der Waals surface area contributed by atoms with Crippen molar-refractivity contribution in [2.75, 3.05) is 0 Å². The summed E-state index contributed by atoms with van der Waals surface area (Å²) in [6, 6.07) is 5.05. The summed E-state index contributed by atoms with van der Waals surface area (Å²) in [7, 11) is 0. The maximum atomic E-state index is 6.52. The molecule has 0 radical (unpaired) electrons. The molecular formula is C27H46OSe. The molecule has 1 aromatic carbocycles. The van der Waals surface area contributed by atoms with Crippen LogP contribution in [-0.2, 0) is 4.74 Å². The Morgan fingerprint density at radius 2 is 1.45 bits per heavy atom. The summed E-state index contributed by atoms with van der Waals surface area (Å²) >= 11 is 0.467. The van der Waals surface area contributed by atoms with E-state index < -0.39 is 0 Å². The van der Waals surface area contributed by atoms with Crippen LogP contribution >= 0.6 is 0 Å². The zero-order valence-electron chi connectivity index (χ0n) is 20.5. The zero-order chi connectivity index (χ0) is 21.7. The van der Waals surface area contributed by atoms with Crippen molar-refractivity contribution >= 4 is 19.4 Å².